The van der Waals surface area contributed by atoms with Crippen LogP contribution < -0.4 is 9.04 Å². The summed E-state index contributed by atoms with van der Waals surface area (Å²) in [6, 6.07) is 16.4. The number of anilines is 2. The summed E-state index contributed by atoms with van der Waals surface area (Å²) >= 11 is 0. The van der Waals surface area contributed by atoms with E-state index in [9.17, 15) is 31.7 Å². The number of alkyl halides is 3. The summed E-state index contributed by atoms with van der Waals surface area (Å²) in [6.07, 6.45) is -4.96. The van der Waals surface area contributed by atoms with Crippen LogP contribution in [0.2, 0.25) is 0 Å². The lowest BCUT2D eigenvalue weighted by Gasteiger charge is -2.25. The summed E-state index contributed by atoms with van der Waals surface area (Å²) in [5.41, 5.74) is -0.471. The van der Waals surface area contributed by atoms with Gasteiger partial charge in [0.05, 0.1) is 21.2 Å². The maximum atomic E-state index is 13.3. The number of rotatable bonds is 6. The van der Waals surface area contributed by atoms with Gasteiger partial charge in [-0.15, -0.1) is 13.2 Å². The van der Waals surface area contributed by atoms with E-state index in [-0.39, 0.29) is 11.4 Å². The van der Waals surface area contributed by atoms with E-state index in [1.165, 1.54) is 30.3 Å². The number of nitro benzene ring substituents is 1. The standard InChI is InChI=1S/C19H13F3N2O5S/c20-19(21,22)29-17-10-4-8-15(12-17)23(14-6-2-1-3-7-14)30(27,28)18-11-5-9-16(13-18)24(25)26/h1-13H. The van der Waals surface area contributed by atoms with Gasteiger partial charge in [-0.1, -0.05) is 30.3 Å². The van der Waals surface area contributed by atoms with Gasteiger partial charge in [-0.25, -0.2) is 12.7 Å². The average Bonchev–Trinajstić information content (AvgIpc) is 2.68. The summed E-state index contributed by atoms with van der Waals surface area (Å²) in [5.74, 6) is -0.616. The van der Waals surface area contributed by atoms with Crippen molar-refractivity contribution in [2.24, 2.45) is 0 Å². The molecule has 156 valence electrons. The zero-order chi connectivity index (χ0) is 21.9. The number of nitro groups is 1. The van der Waals surface area contributed by atoms with Crippen LogP contribution in [0.3, 0.4) is 0 Å². The molecule has 0 saturated carbocycles. The van der Waals surface area contributed by atoms with Crippen molar-refractivity contribution in [3.63, 3.8) is 0 Å². The van der Waals surface area contributed by atoms with Gasteiger partial charge in [0.25, 0.3) is 15.7 Å². The minimum atomic E-state index is -4.96. The van der Waals surface area contributed by atoms with Crippen molar-refractivity contribution >= 4 is 27.1 Å². The first-order valence-corrected chi connectivity index (χ1v) is 9.72. The molecule has 7 nitrogen and oxygen atoms in total. The Kier molecular flexibility index (Phi) is 5.65. The molecule has 0 atom stereocenters. The van der Waals surface area contributed by atoms with Crippen LogP contribution in [0.4, 0.5) is 30.2 Å². The van der Waals surface area contributed by atoms with E-state index in [4.69, 9.17) is 0 Å². The molecule has 11 heteroatoms. The molecule has 0 amide bonds. The number of non-ortho nitro benzene ring substituents is 1. The fourth-order valence-corrected chi connectivity index (χ4v) is 4.18. The van der Waals surface area contributed by atoms with Crippen molar-refractivity contribution in [2.75, 3.05) is 4.31 Å². The maximum absolute atomic E-state index is 13.3. The highest BCUT2D eigenvalue weighted by molar-refractivity contribution is 7.93. The number of hydrogen-bond donors (Lipinski definition) is 0. The van der Waals surface area contributed by atoms with Crippen LogP contribution in [0, 0.1) is 10.1 Å². The van der Waals surface area contributed by atoms with Gasteiger partial charge in [-0.2, -0.15) is 0 Å². The predicted octanol–water partition coefficient (Wildman–Crippen LogP) is 5.02. The third kappa shape index (κ3) is 4.69. The van der Waals surface area contributed by atoms with Gasteiger partial charge in [0.2, 0.25) is 0 Å². The number of sulfonamides is 1. The lowest BCUT2D eigenvalue weighted by atomic mass is 10.2. The first kappa shape index (κ1) is 21.1. The monoisotopic (exact) mass is 438 g/mol. The van der Waals surface area contributed by atoms with Crippen molar-refractivity contribution in [2.45, 2.75) is 11.3 Å². The van der Waals surface area contributed by atoms with E-state index in [2.05, 4.69) is 4.74 Å². The molecule has 0 aliphatic heterocycles. The number of hydrogen-bond acceptors (Lipinski definition) is 5. The average molecular weight is 438 g/mol. The molecule has 0 saturated heterocycles. The smallest absolute Gasteiger partial charge is 0.406 e. The minimum absolute atomic E-state index is 0.119. The highest BCUT2D eigenvalue weighted by atomic mass is 32.2. The summed E-state index contributed by atoms with van der Waals surface area (Å²) in [4.78, 5) is 9.89. The van der Waals surface area contributed by atoms with Gasteiger partial charge in [0.1, 0.15) is 5.75 Å². The molecule has 0 bridgehead atoms. The van der Waals surface area contributed by atoms with Gasteiger partial charge in [-0.3, -0.25) is 10.1 Å². The molecule has 3 aromatic rings. The molecule has 0 N–H and O–H groups in total. The summed E-state index contributed by atoms with van der Waals surface area (Å²) in [6.45, 7) is 0. The molecule has 0 unspecified atom stereocenters. The molecule has 0 fully saturated rings. The second-order valence-corrected chi connectivity index (χ2v) is 7.69. The topological polar surface area (TPSA) is 89.8 Å². The fraction of sp³-hybridized carbons (Fsp3) is 0.0526. The van der Waals surface area contributed by atoms with Crippen LogP contribution in [0.5, 0.6) is 5.75 Å². The third-order valence-corrected chi connectivity index (χ3v) is 5.60. The molecular formula is C19H13F3N2O5S. The summed E-state index contributed by atoms with van der Waals surface area (Å²) in [5, 5.41) is 11.0. The Morgan fingerprint density at radius 2 is 1.50 bits per heavy atom. The molecule has 0 spiro atoms. The second kappa shape index (κ2) is 8.03. The van der Waals surface area contributed by atoms with Gasteiger partial charge in [-0.05, 0) is 30.3 Å². The molecule has 3 rings (SSSR count). The van der Waals surface area contributed by atoms with Crippen molar-refractivity contribution in [3.8, 4) is 5.75 Å². The van der Waals surface area contributed by atoms with E-state index >= 15 is 0 Å². The Hall–Kier alpha value is -3.60. The predicted molar refractivity (Wildman–Crippen MR) is 102 cm³/mol. The Morgan fingerprint density at radius 3 is 2.13 bits per heavy atom. The molecule has 0 heterocycles. The lowest BCUT2D eigenvalue weighted by Crippen LogP contribution is -2.26. The number of ether oxygens (including phenoxy) is 1. The van der Waals surface area contributed by atoms with Gasteiger partial charge in [0, 0.05) is 18.2 Å². The van der Waals surface area contributed by atoms with E-state index in [0.717, 1.165) is 34.6 Å². The largest absolute Gasteiger partial charge is 0.573 e. The highest BCUT2D eigenvalue weighted by Gasteiger charge is 2.32. The highest BCUT2D eigenvalue weighted by Crippen LogP contribution is 2.35. The molecule has 30 heavy (non-hydrogen) atoms. The van der Waals surface area contributed by atoms with Gasteiger partial charge >= 0.3 is 6.36 Å². The Morgan fingerprint density at radius 1 is 0.867 bits per heavy atom. The number of benzene rings is 3. The van der Waals surface area contributed by atoms with E-state index in [0.29, 0.717) is 0 Å². The summed E-state index contributed by atoms with van der Waals surface area (Å²) < 4.78 is 69.2. The molecule has 0 aromatic heterocycles. The van der Waals surface area contributed by atoms with Gasteiger partial charge in [0.15, 0.2) is 0 Å². The number of para-hydroxylation sites is 1. The fourth-order valence-electron chi connectivity index (χ4n) is 2.66. The van der Waals surface area contributed by atoms with Crippen LogP contribution in [0.15, 0.2) is 83.8 Å². The minimum Gasteiger partial charge on any atom is -0.406 e. The van der Waals surface area contributed by atoms with Crippen molar-refractivity contribution in [3.05, 3.63) is 89.0 Å². The van der Waals surface area contributed by atoms with E-state index in [1.807, 2.05) is 0 Å². The molecule has 0 aliphatic carbocycles. The van der Waals surface area contributed by atoms with Crippen LogP contribution in [0.25, 0.3) is 0 Å². The van der Waals surface area contributed by atoms with Crippen molar-refractivity contribution < 1.29 is 31.2 Å². The zero-order valence-corrected chi connectivity index (χ0v) is 15.8. The first-order valence-electron chi connectivity index (χ1n) is 8.28. The number of nitrogens with zero attached hydrogens (tertiary/aromatic N) is 2. The maximum Gasteiger partial charge on any atom is 0.573 e. The van der Waals surface area contributed by atoms with E-state index in [1.54, 1.807) is 18.2 Å². The van der Waals surface area contributed by atoms with Crippen molar-refractivity contribution in [1.82, 2.24) is 0 Å². The van der Waals surface area contributed by atoms with Gasteiger partial charge < -0.3 is 4.74 Å². The van der Waals surface area contributed by atoms with Crippen LogP contribution in [0.1, 0.15) is 0 Å². The Bertz CT molecular complexity index is 1170. The van der Waals surface area contributed by atoms with E-state index < -0.39 is 37.6 Å². The first-order chi connectivity index (χ1) is 14.1. The van der Waals surface area contributed by atoms with Crippen molar-refractivity contribution in [1.29, 1.82) is 0 Å². The van der Waals surface area contributed by atoms with Crippen LogP contribution in [-0.2, 0) is 10.0 Å². The zero-order valence-electron chi connectivity index (χ0n) is 15.0. The Balaban J connectivity index is 2.17. The number of halogens is 3. The molecule has 0 aliphatic rings. The SMILES string of the molecule is O=[N+]([O-])c1cccc(S(=O)(=O)N(c2ccccc2)c2cccc(OC(F)(F)F)c2)c1. The second-order valence-electron chi connectivity index (χ2n) is 5.90. The van der Waals surface area contributed by atoms with Crippen LogP contribution >= 0.6 is 0 Å². The molecular weight excluding hydrogens is 425 g/mol. The summed E-state index contributed by atoms with van der Waals surface area (Å²) in [7, 11) is -4.43. The van der Waals surface area contributed by atoms with Crippen LogP contribution in [-0.4, -0.2) is 19.7 Å². The Labute approximate surface area is 169 Å². The quantitative estimate of drug-likeness (QED) is 0.398. The normalized spacial score (nSPS) is 11.7. The lowest BCUT2D eigenvalue weighted by molar-refractivity contribution is -0.385. The third-order valence-electron chi connectivity index (χ3n) is 3.84. The molecule has 0 radical (unpaired) electrons. The molecule has 3 aromatic carbocycles.